The molecule has 108 valence electrons. The first kappa shape index (κ1) is 13.3. The van der Waals surface area contributed by atoms with Gasteiger partial charge in [0.2, 0.25) is 0 Å². The minimum atomic E-state index is 0.718. The Morgan fingerprint density at radius 2 is 2.10 bits per heavy atom. The summed E-state index contributed by atoms with van der Waals surface area (Å²) in [6, 6.07) is 7.94. The summed E-state index contributed by atoms with van der Waals surface area (Å²) in [5, 5.41) is 19.2. The molecule has 2 aromatic heterocycles. The van der Waals surface area contributed by atoms with Gasteiger partial charge in [-0.1, -0.05) is 19.1 Å². The van der Waals surface area contributed by atoms with Gasteiger partial charge < -0.3 is 5.32 Å². The molecule has 0 bridgehead atoms. The molecule has 3 rings (SSSR count). The number of aryl methyl sites for hydroxylation is 2. The van der Waals surface area contributed by atoms with E-state index in [1.54, 1.807) is 11.0 Å². The summed E-state index contributed by atoms with van der Waals surface area (Å²) < 4.78 is 3.50. The Bertz CT molecular complexity index is 715. The second kappa shape index (κ2) is 5.74. The van der Waals surface area contributed by atoms with Crippen LogP contribution in [-0.4, -0.2) is 30.0 Å². The van der Waals surface area contributed by atoms with E-state index in [4.69, 9.17) is 0 Å². The first-order valence-electron chi connectivity index (χ1n) is 6.85. The fourth-order valence-corrected chi connectivity index (χ4v) is 2.31. The third kappa shape index (κ3) is 2.76. The molecule has 7 heteroatoms. The number of tetrazole rings is 1. The molecule has 3 aromatic rings. The molecule has 0 saturated heterocycles. The minimum absolute atomic E-state index is 0.718. The van der Waals surface area contributed by atoms with Crippen LogP contribution in [-0.2, 0) is 20.0 Å². The molecule has 1 N–H and O–H groups in total. The molecule has 0 atom stereocenters. The van der Waals surface area contributed by atoms with Crippen molar-refractivity contribution >= 4 is 5.69 Å². The maximum absolute atomic E-state index is 4.45. The molecule has 0 saturated carbocycles. The average molecular weight is 283 g/mol. The summed E-state index contributed by atoms with van der Waals surface area (Å²) >= 11 is 0. The lowest BCUT2D eigenvalue weighted by Gasteiger charge is -2.10. The first-order valence-corrected chi connectivity index (χ1v) is 6.85. The summed E-state index contributed by atoms with van der Waals surface area (Å²) in [6.45, 7) is 2.83. The van der Waals surface area contributed by atoms with Gasteiger partial charge in [-0.25, -0.2) is 0 Å². The summed E-state index contributed by atoms with van der Waals surface area (Å²) in [5.74, 6) is 0. The van der Waals surface area contributed by atoms with Crippen molar-refractivity contribution in [2.75, 3.05) is 5.32 Å². The third-order valence-electron chi connectivity index (χ3n) is 3.30. The second-order valence-corrected chi connectivity index (χ2v) is 4.75. The molecule has 21 heavy (non-hydrogen) atoms. The minimum Gasteiger partial charge on any atom is -0.379 e. The summed E-state index contributed by atoms with van der Waals surface area (Å²) in [7, 11) is 1.94. The van der Waals surface area contributed by atoms with Gasteiger partial charge in [0.05, 0.1) is 17.1 Å². The van der Waals surface area contributed by atoms with Crippen molar-refractivity contribution in [3.63, 3.8) is 0 Å². The van der Waals surface area contributed by atoms with Crippen molar-refractivity contribution in [1.82, 2.24) is 30.0 Å². The van der Waals surface area contributed by atoms with Crippen molar-refractivity contribution in [3.8, 4) is 5.69 Å². The van der Waals surface area contributed by atoms with E-state index < -0.39 is 0 Å². The molecular weight excluding hydrogens is 266 g/mol. The molecule has 7 nitrogen and oxygen atoms in total. The molecule has 0 unspecified atom stereocenters. The van der Waals surface area contributed by atoms with E-state index in [-0.39, 0.29) is 0 Å². The smallest absolute Gasteiger partial charge is 0.143 e. The zero-order valence-electron chi connectivity index (χ0n) is 12.1. The highest BCUT2D eigenvalue weighted by atomic mass is 15.5. The molecule has 0 spiro atoms. The highest BCUT2D eigenvalue weighted by molar-refractivity contribution is 5.60. The highest BCUT2D eigenvalue weighted by Gasteiger charge is 2.08. The van der Waals surface area contributed by atoms with Crippen LogP contribution in [0.15, 0.2) is 36.8 Å². The van der Waals surface area contributed by atoms with Gasteiger partial charge in [0.1, 0.15) is 6.33 Å². The Morgan fingerprint density at radius 1 is 1.24 bits per heavy atom. The van der Waals surface area contributed by atoms with Gasteiger partial charge in [0.25, 0.3) is 0 Å². The topological polar surface area (TPSA) is 73.5 Å². The molecule has 0 aliphatic carbocycles. The van der Waals surface area contributed by atoms with Crippen LogP contribution in [0.3, 0.4) is 0 Å². The Balaban J connectivity index is 1.82. The zero-order chi connectivity index (χ0) is 14.7. The normalized spacial score (nSPS) is 10.8. The van der Waals surface area contributed by atoms with E-state index in [9.17, 15) is 0 Å². The number of hydrogen-bond acceptors (Lipinski definition) is 5. The average Bonchev–Trinajstić information content (AvgIpc) is 3.14. The van der Waals surface area contributed by atoms with E-state index in [1.165, 1.54) is 5.56 Å². The summed E-state index contributed by atoms with van der Waals surface area (Å²) in [6.07, 6.45) is 4.56. The number of nitrogens with one attached hydrogen (secondary N) is 1. The fourth-order valence-electron chi connectivity index (χ4n) is 2.31. The van der Waals surface area contributed by atoms with Gasteiger partial charge in [0, 0.05) is 25.4 Å². The standard InChI is InChI=1S/C14H17N7/c1-3-12-11(9-20(2)17-12)8-15-13-6-4-5-7-14(13)21-10-16-18-19-21/h4-7,9-10,15H,3,8H2,1-2H3. The van der Waals surface area contributed by atoms with Gasteiger partial charge in [-0.15, -0.1) is 5.10 Å². The predicted molar refractivity (Wildman–Crippen MR) is 79.1 cm³/mol. The number of aromatic nitrogens is 6. The zero-order valence-corrected chi connectivity index (χ0v) is 12.1. The van der Waals surface area contributed by atoms with Crippen LogP contribution in [0.1, 0.15) is 18.2 Å². The van der Waals surface area contributed by atoms with E-state index in [0.29, 0.717) is 0 Å². The second-order valence-electron chi connectivity index (χ2n) is 4.75. The summed E-state index contributed by atoms with van der Waals surface area (Å²) in [4.78, 5) is 0. The Hall–Kier alpha value is -2.70. The largest absolute Gasteiger partial charge is 0.379 e. The van der Waals surface area contributed by atoms with Gasteiger partial charge in [-0.2, -0.15) is 9.78 Å². The van der Waals surface area contributed by atoms with Gasteiger partial charge in [-0.3, -0.25) is 4.68 Å². The number of hydrogen-bond donors (Lipinski definition) is 1. The number of anilines is 1. The van der Waals surface area contributed by atoms with Crippen LogP contribution in [0.5, 0.6) is 0 Å². The molecule has 0 aliphatic rings. The van der Waals surface area contributed by atoms with Crippen molar-refractivity contribution in [1.29, 1.82) is 0 Å². The number of rotatable bonds is 5. The van der Waals surface area contributed by atoms with Crippen LogP contribution in [0.4, 0.5) is 5.69 Å². The van der Waals surface area contributed by atoms with E-state index >= 15 is 0 Å². The first-order chi connectivity index (χ1) is 10.3. The molecular formula is C14H17N7. The van der Waals surface area contributed by atoms with Crippen molar-refractivity contribution in [2.24, 2.45) is 7.05 Å². The van der Waals surface area contributed by atoms with Crippen LogP contribution in [0.25, 0.3) is 5.69 Å². The van der Waals surface area contributed by atoms with Gasteiger partial charge in [-0.05, 0) is 29.0 Å². The van der Waals surface area contributed by atoms with E-state index in [1.807, 2.05) is 42.2 Å². The van der Waals surface area contributed by atoms with E-state index in [0.717, 1.165) is 30.0 Å². The molecule has 0 fully saturated rings. The number of nitrogens with zero attached hydrogens (tertiary/aromatic N) is 6. The third-order valence-corrected chi connectivity index (χ3v) is 3.30. The maximum atomic E-state index is 4.45. The molecule has 0 aliphatic heterocycles. The number of para-hydroxylation sites is 2. The Kier molecular flexibility index (Phi) is 3.63. The lowest BCUT2D eigenvalue weighted by Crippen LogP contribution is -2.05. The molecule has 0 radical (unpaired) electrons. The van der Waals surface area contributed by atoms with Gasteiger partial charge in [0.15, 0.2) is 0 Å². The van der Waals surface area contributed by atoms with Crippen LogP contribution in [0, 0.1) is 0 Å². The highest BCUT2D eigenvalue weighted by Crippen LogP contribution is 2.20. The van der Waals surface area contributed by atoms with Crippen LogP contribution >= 0.6 is 0 Å². The monoisotopic (exact) mass is 283 g/mol. The van der Waals surface area contributed by atoms with Gasteiger partial charge >= 0.3 is 0 Å². The lowest BCUT2D eigenvalue weighted by molar-refractivity contribution is 0.746. The van der Waals surface area contributed by atoms with Crippen LogP contribution < -0.4 is 5.32 Å². The Labute approximate surface area is 122 Å². The quantitative estimate of drug-likeness (QED) is 0.769. The lowest BCUT2D eigenvalue weighted by atomic mass is 10.2. The van der Waals surface area contributed by atoms with Crippen molar-refractivity contribution in [2.45, 2.75) is 19.9 Å². The maximum Gasteiger partial charge on any atom is 0.143 e. The van der Waals surface area contributed by atoms with Crippen LogP contribution in [0.2, 0.25) is 0 Å². The SMILES string of the molecule is CCc1nn(C)cc1CNc1ccccc1-n1cnnn1. The molecule has 1 aromatic carbocycles. The predicted octanol–water partition coefficient (Wildman–Crippen LogP) is 1.57. The fraction of sp³-hybridized carbons (Fsp3) is 0.286. The molecule has 0 amide bonds. The van der Waals surface area contributed by atoms with Crippen molar-refractivity contribution in [3.05, 3.63) is 48.0 Å². The Morgan fingerprint density at radius 3 is 2.86 bits per heavy atom. The number of benzene rings is 1. The molecule has 2 heterocycles. The summed E-state index contributed by atoms with van der Waals surface area (Å²) in [5.41, 5.74) is 4.22. The van der Waals surface area contributed by atoms with E-state index in [2.05, 4.69) is 32.9 Å². The van der Waals surface area contributed by atoms with Crippen molar-refractivity contribution < 1.29 is 0 Å².